The Bertz CT molecular complexity index is 376. The van der Waals surface area contributed by atoms with Gasteiger partial charge < -0.3 is 14.9 Å². The number of phenolic OH excluding ortho intramolecular Hbond substituents is 1. The van der Waals surface area contributed by atoms with Crippen LogP contribution in [0.1, 0.15) is 12.5 Å². The van der Waals surface area contributed by atoms with Crippen molar-refractivity contribution < 1.29 is 5.11 Å². The van der Waals surface area contributed by atoms with Gasteiger partial charge in [0, 0.05) is 30.4 Å². The highest BCUT2D eigenvalue weighted by Crippen LogP contribution is 2.34. The molecular formula is C13H20N2O. The Morgan fingerprint density at radius 2 is 2.19 bits per heavy atom. The van der Waals surface area contributed by atoms with Crippen molar-refractivity contribution >= 4 is 5.69 Å². The van der Waals surface area contributed by atoms with Crippen molar-refractivity contribution in [2.75, 3.05) is 32.1 Å². The maximum atomic E-state index is 9.76. The van der Waals surface area contributed by atoms with Gasteiger partial charge in [0.25, 0.3) is 0 Å². The van der Waals surface area contributed by atoms with Crippen molar-refractivity contribution in [1.29, 1.82) is 0 Å². The highest BCUT2D eigenvalue weighted by molar-refractivity contribution is 5.62. The molecule has 1 aromatic carbocycles. The average molecular weight is 220 g/mol. The van der Waals surface area contributed by atoms with Crippen molar-refractivity contribution in [3.05, 3.63) is 23.8 Å². The standard InChI is InChI=1S/C13H20N2O/c1-10(14(2)3)9-15-8-7-11-12(15)5-4-6-13(11)16/h4-6,10,16H,7-9H2,1-3H3. The number of benzene rings is 1. The number of anilines is 1. The molecule has 88 valence electrons. The summed E-state index contributed by atoms with van der Waals surface area (Å²) in [5, 5.41) is 9.76. The Morgan fingerprint density at radius 3 is 2.88 bits per heavy atom. The van der Waals surface area contributed by atoms with Crippen molar-refractivity contribution in [3.8, 4) is 5.75 Å². The van der Waals surface area contributed by atoms with Gasteiger partial charge in [0.2, 0.25) is 0 Å². The minimum Gasteiger partial charge on any atom is -0.508 e. The third kappa shape index (κ3) is 2.00. The zero-order valence-corrected chi connectivity index (χ0v) is 10.3. The number of phenols is 1. The van der Waals surface area contributed by atoms with Gasteiger partial charge in [-0.3, -0.25) is 0 Å². The van der Waals surface area contributed by atoms with Crippen LogP contribution >= 0.6 is 0 Å². The molecule has 1 unspecified atom stereocenters. The molecule has 0 saturated heterocycles. The number of nitrogens with zero attached hydrogens (tertiary/aromatic N) is 2. The smallest absolute Gasteiger partial charge is 0.120 e. The van der Waals surface area contributed by atoms with Gasteiger partial charge in [-0.05, 0) is 39.6 Å². The molecule has 1 aliphatic heterocycles. The molecule has 3 nitrogen and oxygen atoms in total. The second-order valence-corrected chi connectivity index (χ2v) is 4.78. The van der Waals surface area contributed by atoms with Crippen molar-refractivity contribution in [1.82, 2.24) is 4.90 Å². The third-order valence-electron chi connectivity index (χ3n) is 3.47. The summed E-state index contributed by atoms with van der Waals surface area (Å²) in [7, 11) is 4.20. The fourth-order valence-electron chi connectivity index (χ4n) is 2.15. The molecule has 0 aromatic heterocycles. The SMILES string of the molecule is CC(CN1CCc2c(O)cccc21)N(C)C. The lowest BCUT2D eigenvalue weighted by molar-refractivity contribution is 0.316. The van der Waals surface area contributed by atoms with Gasteiger partial charge >= 0.3 is 0 Å². The van der Waals surface area contributed by atoms with Crippen molar-refractivity contribution in [3.63, 3.8) is 0 Å². The van der Waals surface area contributed by atoms with Crippen LogP contribution in [0.15, 0.2) is 18.2 Å². The van der Waals surface area contributed by atoms with E-state index in [1.165, 1.54) is 5.69 Å². The number of fused-ring (bicyclic) bond motifs is 1. The van der Waals surface area contributed by atoms with Gasteiger partial charge in [0.1, 0.15) is 5.75 Å². The normalized spacial score (nSPS) is 16.6. The van der Waals surface area contributed by atoms with Gasteiger partial charge in [0.15, 0.2) is 0 Å². The van der Waals surface area contributed by atoms with E-state index in [0.29, 0.717) is 11.8 Å². The molecule has 1 aliphatic rings. The number of hydrogen-bond donors (Lipinski definition) is 1. The molecule has 0 spiro atoms. The molecule has 0 amide bonds. The van der Waals surface area contributed by atoms with Crippen molar-refractivity contribution in [2.45, 2.75) is 19.4 Å². The minimum absolute atomic E-state index is 0.442. The lowest BCUT2D eigenvalue weighted by atomic mass is 10.1. The molecule has 0 radical (unpaired) electrons. The Morgan fingerprint density at radius 1 is 1.44 bits per heavy atom. The lowest BCUT2D eigenvalue weighted by Gasteiger charge is -2.27. The van der Waals surface area contributed by atoms with Crippen LogP contribution in [0.2, 0.25) is 0 Å². The van der Waals surface area contributed by atoms with Gasteiger partial charge in [-0.15, -0.1) is 0 Å². The van der Waals surface area contributed by atoms with E-state index >= 15 is 0 Å². The van der Waals surface area contributed by atoms with E-state index in [2.05, 4.69) is 36.9 Å². The summed E-state index contributed by atoms with van der Waals surface area (Å²) in [4.78, 5) is 4.58. The minimum atomic E-state index is 0.442. The maximum absolute atomic E-state index is 9.76. The third-order valence-corrected chi connectivity index (χ3v) is 3.47. The van der Waals surface area contributed by atoms with Crippen LogP contribution in [0.4, 0.5) is 5.69 Å². The Kier molecular flexibility index (Phi) is 3.06. The summed E-state index contributed by atoms with van der Waals surface area (Å²) >= 11 is 0. The molecule has 1 aromatic rings. The van der Waals surface area contributed by atoms with E-state index in [0.717, 1.165) is 25.1 Å². The van der Waals surface area contributed by atoms with Crippen LogP contribution in [0, 0.1) is 0 Å². The Hall–Kier alpha value is -1.22. The Balaban J connectivity index is 2.15. The fourth-order valence-corrected chi connectivity index (χ4v) is 2.15. The first-order valence-corrected chi connectivity index (χ1v) is 5.82. The van der Waals surface area contributed by atoms with Crippen molar-refractivity contribution in [2.24, 2.45) is 0 Å². The number of aromatic hydroxyl groups is 1. The second-order valence-electron chi connectivity index (χ2n) is 4.78. The summed E-state index contributed by atoms with van der Waals surface area (Å²) in [6.07, 6.45) is 0.960. The van der Waals surface area contributed by atoms with Crippen LogP contribution < -0.4 is 4.90 Å². The summed E-state index contributed by atoms with van der Waals surface area (Å²) < 4.78 is 0. The molecule has 1 heterocycles. The first-order chi connectivity index (χ1) is 7.59. The number of rotatable bonds is 3. The fraction of sp³-hybridized carbons (Fsp3) is 0.538. The van der Waals surface area contributed by atoms with Crippen LogP contribution in [-0.2, 0) is 6.42 Å². The van der Waals surface area contributed by atoms with Gasteiger partial charge in [-0.1, -0.05) is 6.07 Å². The summed E-state index contributed by atoms with van der Waals surface area (Å²) in [5.41, 5.74) is 2.31. The molecule has 1 N–H and O–H groups in total. The van der Waals surface area contributed by atoms with Gasteiger partial charge in [-0.25, -0.2) is 0 Å². The predicted molar refractivity (Wildman–Crippen MR) is 67.2 cm³/mol. The van der Waals surface area contributed by atoms with Crippen LogP contribution in [-0.4, -0.2) is 43.2 Å². The molecule has 1 atom stereocenters. The summed E-state index contributed by atoms with van der Waals surface area (Å²) in [5.74, 6) is 0.442. The summed E-state index contributed by atoms with van der Waals surface area (Å²) in [6.45, 7) is 4.26. The molecule has 16 heavy (non-hydrogen) atoms. The van der Waals surface area contributed by atoms with E-state index < -0.39 is 0 Å². The van der Waals surface area contributed by atoms with E-state index in [1.54, 1.807) is 6.07 Å². The molecular weight excluding hydrogens is 200 g/mol. The first-order valence-electron chi connectivity index (χ1n) is 5.82. The topological polar surface area (TPSA) is 26.7 Å². The quantitative estimate of drug-likeness (QED) is 0.840. The molecule has 0 saturated carbocycles. The van der Waals surface area contributed by atoms with Crippen LogP contribution in [0.3, 0.4) is 0 Å². The molecule has 3 heteroatoms. The van der Waals surface area contributed by atoms with E-state index in [9.17, 15) is 5.11 Å². The monoisotopic (exact) mass is 220 g/mol. The average Bonchev–Trinajstić information content (AvgIpc) is 2.63. The van der Waals surface area contributed by atoms with E-state index in [4.69, 9.17) is 0 Å². The molecule has 0 fully saturated rings. The largest absolute Gasteiger partial charge is 0.508 e. The van der Waals surface area contributed by atoms with Crippen LogP contribution in [0.5, 0.6) is 5.75 Å². The lowest BCUT2D eigenvalue weighted by Crippen LogP contribution is -2.37. The Labute approximate surface area is 97.3 Å². The molecule has 0 aliphatic carbocycles. The first kappa shape index (κ1) is 11.3. The number of likely N-dealkylation sites (N-methyl/N-ethyl adjacent to an activating group) is 1. The van der Waals surface area contributed by atoms with E-state index in [-0.39, 0.29) is 0 Å². The zero-order valence-electron chi connectivity index (χ0n) is 10.3. The highest BCUT2D eigenvalue weighted by atomic mass is 16.3. The maximum Gasteiger partial charge on any atom is 0.120 e. The summed E-state index contributed by atoms with van der Waals surface area (Å²) in [6, 6.07) is 6.32. The van der Waals surface area contributed by atoms with Crippen LogP contribution in [0.25, 0.3) is 0 Å². The molecule has 0 bridgehead atoms. The highest BCUT2D eigenvalue weighted by Gasteiger charge is 2.23. The van der Waals surface area contributed by atoms with E-state index in [1.807, 2.05) is 6.07 Å². The second kappa shape index (κ2) is 4.34. The molecule has 2 rings (SSSR count). The van der Waals surface area contributed by atoms with Gasteiger partial charge in [-0.2, -0.15) is 0 Å². The predicted octanol–water partition coefficient (Wildman–Crippen LogP) is 1.70. The van der Waals surface area contributed by atoms with Gasteiger partial charge in [0.05, 0.1) is 0 Å². The number of hydrogen-bond acceptors (Lipinski definition) is 3. The zero-order chi connectivity index (χ0) is 11.7.